The second-order valence-electron chi connectivity index (χ2n) is 7.01. The predicted octanol–water partition coefficient (Wildman–Crippen LogP) is 2.71. The number of anilines is 1. The third kappa shape index (κ3) is 5.84. The molecule has 27 heavy (non-hydrogen) atoms. The maximum Gasteiger partial charge on any atom is 0.221 e. The highest BCUT2D eigenvalue weighted by Gasteiger charge is 2.15. The largest absolute Gasteiger partial charge is 0.352 e. The zero-order valence-electron chi connectivity index (χ0n) is 17.1. The van der Waals surface area contributed by atoms with E-state index in [2.05, 4.69) is 45.7 Å². The molecule has 0 unspecified atom stereocenters. The van der Waals surface area contributed by atoms with Gasteiger partial charge < -0.3 is 15.5 Å². The van der Waals surface area contributed by atoms with Crippen molar-refractivity contribution < 1.29 is 4.79 Å². The standard InChI is InChI=1S/C20H30N6O/c1-14(2)19-17(13-26(6)24-19)12-25(5)20(21-4)22-11-16-8-7-9-18(10-16)23-15(3)27/h7-10,13-14H,11-12H2,1-6H3,(H,21,22)(H,23,27). The number of hydrogen-bond acceptors (Lipinski definition) is 3. The number of nitrogens with one attached hydrogen (secondary N) is 2. The molecule has 0 fully saturated rings. The lowest BCUT2D eigenvalue weighted by Crippen LogP contribution is -2.38. The molecule has 7 heteroatoms. The highest BCUT2D eigenvalue weighted by Crippen LogP contribution is 2.18. The first kappa shape index (κ1) is 20.5. The van der Waals surface area contributed by atoms with Crippen LogP contribution in [0.4, 0.5) is 5.69 Å². The number of nitrogens with zero attached hydrogens (tertiary/aromatic N) is 4. The van der Waals surface area contributed by atoms with E-state index in [9.17, 15) is 4.79 Å². The van der Waals surface area contributed by atoms with Crippen LogP contribution in [-0.2, 0) is 24.9 Å². The molecule has 0 spiro atoms. The number of guanidine groups is 1. The fraction of sp³-hybridized carbons (Fsp3) is 0.450. The molecule has 1 aromatic carbocycles. The molecule has 146 valence electrons. The van der Waals surface area contributed by atoms with Crippen LogP contribution in [0.15, 0.2) is 35.5 Å². The molecule has 2 aromatic rings. The number of rotatable bonds is 6. The lowest BCUT2D eigenvalue weighted by atomic mass is 10.1. The average Bonchev–Trinajstić information content (AvgIpc) is 2.95. The van der Waals surface area contributed by atoms with Gasteiger partial charge in [-0.25, -0.2) is 0 Å². The van der Waals surface area contributed by atoms with Gasteiger partial charge in [-0.3, -0.25) is 14.5 Å². The Kier molecular flexibility index (Phi) is 6.98. The van der Waals surface area contributed by atoms with Gasteiger partial charge in [0.2, 0.25) is 5.91 Å². The summed E-state index contributed by atoms with van der Waals surface area (Å²) in [5.74, 6) is 1.10. The lowest BCUT2D eigenvalue weighted by molar-refractivity contribution is -0.114. The van der Waals surface area contributed by atoms with Crippen molar-refractivity contribution in [3.63, 3.8) is 0 Å². The highest BCUT2D eigenvalue weighted by molar-refractivity contribution is 5.88. The van der Waals surface area contributed by atoms with Gasteiger partial charge in [-0.2, -0.15) is 5.10 Å². The molecule has 1 heterocycles. The Morgan fingerprint density at radius 3 is 2.74 bits per heavy atom. The summed E-state index contributed by atoms with van der Waals surface area (Å²) in [4.78, 5) is 17.7. The van der Waals surface area contributed by atoms with Gasteiger partial charge in [0.25, 0.3) is 0 Å². The summed E-state index contributed by atoms with van der Waals surface area (Å²) >= 11 is 0. The lowest BCUT2D eigenvalue weighted by Gasteiger charge is -2.22. The molecule has 0 saturated carbocycles. The summed E-state index contributed by atoms with van der Waals surface area (Å²) < 4.78 is 1.86. The Bertz CT molecular complexity index is 809. The van der Waals surface area contributed by atoms with E-state index in [4.69, 9.17) is 0 Å². The number of carbonyl (C=O) groups is 1. The van der Waals surface area contributed by atoms with Gasteiger partial charge in [-0.1, -0.05) is 26.0 Å². The topological polar surface area (TPSA) is 74.6 Å². The van der Waals surface area contributed by atoms with E-state index < -0.39 is 0 Å². The number of amides is 1. The molecule has 0 aliphatic carbocycles. The van der Waals surface area contributed by atoms with Crippen LogP contribution in [0.2, 0.25) is 0 Å². The smallest absolute Gasteiger partial charge is 0.221 e. The predicted molar refractivity (Wildman–Crippen MR) is 110 cm³/mol. The summed E-state index contributed by atoms with van der Waals surface area (Å²) in [6, 6.07) is 7.78. The SMILES string of the molecule is CN=C(NCc1cccc(NC(C)=O)c1)N(C)Cc1cn(C)nc1C(C)C. The first-order valence-electron chi connectivity index (χ1n) is 9.11. The van der Waals surface area contributed by atoms with Crippen LogP contribution in [0, 0.1) is 0 Å². The fourth-order valence-corrected chi connectivity index (χ4v) is 3.02. The van der Waals surface area contributed by atoms with Crippen LogP contribution in [0.5, 0.6) is 0 Å². The Morgan fingerprint density at radius 1 is 1.37 bits per heavy atom. The van der Waals surface area contributed by atoms with Crippen LogP contribution in [0.1, 0.15) is 43.5 Å². The van der Waals surface area contributed by atoms with Crippen molar-refractivity contribution in [2.45, 2.75) is 39.8 Å². The van der Waals surface area contributed by atoms with Gasteiger partial charge in [0.05, 0.1) is 5.69 Å². The van der Waals surface area contributed by atoms with Gasteiger partial charge in [0, 0.05) is 58.6 Å². The molecule has 0 bridgehead atoms. The average molecular weight is 371 g/mol. The van der Waals surface area contributed by atoms with E-state index in [1.54, 1.807) is 7.05 Å². The summed E-state index contributed by atoms with van der Waals surface area (Å²) in [6.07, 6.45) is 2.07. The zero-order valence-corrected chi connectivity index (χ0v) is 17.1. The van der Waals surface area contributed by atoms with Gasteiger partial charge >= 0.3 is 0 Å². The normalized spacial score (nSPS) is 11.6. The fourth-order valence-electron chi connectivity index (χ4n) is 3.02. The minimum absolute atomic E-state index is 0.0759. The molecule has 1 amide bonds. The molecular weight excluding hydrogens is 340 g/mol. The van der Waals surface area contributed by atoms with Crippen LogP contribution in [0.3, 0.4) is 0 Å². The molecule has 2 rings (SSSR count). The van der Waals surface area contributed by atoms with Crippen molar-refractivity contribution in [2.75, 3.05) is 19.4 Å². The summed E-state index contributed by atoms with van der Waals surface area (Å²) in [7, 11) is 5.74. The molecule has 0 saturated heterocycles. The first-order chi connectivity index (χ1) is 12.8. The van der Waals surface area contributed by atoms with E-state index in [-0.39, 0.29) is 5.91 Å². The monoisotopic (exact) mass is 370 g/mol. The van der Waals surface area contributed by atoms with E-state index >= 15 is 0 Å². The van der Waals surface area contributed by atoms with Crippen molar-refractivity contribution in [3.05, 3.63) is 47.3 Å². The van der Waals surface area contributed by atoms with E-state index in [0.29, 0.717) is 12.5 Å². The second-order valence-corrected chi connectivity index (χ2v) is 7.01. The van der Waals surface area contributed by atoms with Gasteiger partial charge in [-0.05, 0) is 23.6 Å². The molecule has 0 aliphatic rings. The summed E-state index contributed by atoms with van der Waals surface area (Å²) in [5.41, 5.74) is 4.18. The molecular formula is C20H30N6O. The number of benzene rings is 1. The van der Waals surface area contributed by atoms with Crippen LogP contribution < -0.4 is 10.6 Å². The Balaban J connectivity index is 2.02. The minimum atomic E-state index is -0.0759. The molecule has 0 aliphatic heterocycles. The summed E-state index contributed by atoms with van der Waals surface area (Å²) in [6.45, 7) is 7.16. The van der Waals surface area contributed by atoms with Gasteiger partial charge in [0.15, 0.2) is 5.96 Å². The molecule has 0 radical (unpaired) electrons. The number of aliphatic imine (C=N–C) groups is 1. The van der Waals surface area contributed by atoms with Crippen molar-refractivity contribution in [1.29, 1.82) is 0 Å². The van der Waals surface area contributed by atoms with Crippen molar-refractivity contribution in [1.82, 2.24) is 20.0 Å². The zero-order chi connectivity index (χ0) is 20.0. The quantitative estimate of drug-likeness (QED) is 0.606. The molecule has 7 nitrogen and oxygen atoms in total. The summed E-state index contributed by atoms with van der Waals surface area (Å²) in [5, 5.41) is 10.8. The van der Waals surface area contributed by atoms with Crippen molar-refractivity contribution in [2.24, 2.45) is 12.0 Å². The number of aromatic nitrogens is 2. The van der Waals surface area contributed by atoms with Crippen LogP contribution >= 0.6 is 0 Å². The number of carbonyl (C=O) groups excluding carboxylic acids is 1. The minimum Gasteiger partial charge on any atom is -0.352 e. The maximum atomic E-state index is 11.2. The third-order valence-electron chi connectivity index (χ3n) is 4.16. The van der Waals surface area contributed by atoms with E-state index in [1.807, 2.05) is 43.0 Å². The first-order valence-corrected chi connectivity index (χ1v) is 9.11. The third-order valence-corrected chi connectivity index (χ3v) is 4.16. The van der Waals surface area contributed by atoms with Crippen LogP contribution in [0.25, 0.3) is 0 Å². The van der Waals surface area contributed by atoms with E-state index in [1.165, 1.54) is 12.5 Å². The van der Waals surface area contributed by atoms with Gasteiger partial charge in [-0.15, -0.1) is 0 Å². The molecule has 0 atom stereocenters. The van der Waals surface area contributed by atoms with Crippen LogP contribution in [-0.4, -0.2) is 40.6 Å². The maximum absolute atomic E-state index is 11.2. The number of aryl methyl sites for hydroxylation is 1. The Hall–Kier alpha value is -2.83. The molecule has 1 aromatic heterocycles. The Morgan fingerprint density at radius 2 is 2.11 bits per heavy atom. The van der Waals surface area contributed by atoms with E-state index in [0.717, 1.165) is 29.4 Å². The highest BCUT2D eigenvalue weighted by atomic mass is 16.1. The second kappa shape index (κ2) is 9.21. The number of hydrogen-bond donors (Lipinski definition) is 2. The van der Waals surface area contributed by atoms with Crippen molar-refractivity contribution in [3.8, 4) is 0 Å². The van der Waals surface area contributed by atoms with Crippen molar-refractivity contribution >= 4 is 17.6 Å². The molecule has 2 N–H and O–H groups in total. The van der Waals surface area contributed by atoms with Gasteiger partial charge in [0.1, 0.15) is 0 Å². The Labute approximate surface area is 161 Å².